The van der Waals surface area contributed by atoms with Gasteiger partial charge in [-0.2, -0.15) is 0 Å². The van der Waals surface area contributed by atoms with Crippen LogP contribution in [0.5, 0.6) is 5.75 Å². The molecule has 0 bridgehead atoms. The number of aliphatic hydroxyl groups excluding tert-OH is 1. The number of nitrogens with zero attached hydrogens (tertiary/aromatic N) is 2. The van der Waals surface area contributed by atoms with Crippen molar-refractivity contribution >= 4 is 11.6 Å². The van der Waals surface area contributed by atoms with Crippen LogP contribution in [0.3, 0.4) is 0 Å². The highest BCUT2D eigenvalue weighted by Gasteiger charge is 2.19. The smallest absolute Gasteiger partial charge is 0.138 e. The average molecular weight is 361 g/mol. The summed E-state index contributed by atoms with van der Waals surface area (Å²) in [6, 6.07) is 17.9. The Morgan fingerprint density at radius 3 is 2.28 bits per heavy atom. The van der Waals surface area contributed by atoms with Crippen LogP contribution in [-0.2, 0) is 6.54 Å². The van der Waals surface area contributed by atoms with Crippen LogP contribution >= 0.6 is 11.6 Å². The summed E-state index contributed by atoms with van der Waals surface area (Å²) in [4.78, 5) is 4.75. The van der Waals surface area contributed by atoms with Crippen LogP contribution in [0.4, 0.5) is 0 Å². The zero-order chi connectivity index (χ0) is 17.5. The van der Waals surface area contributed by atoms with Gasteiger partial charge in [-0.1, -0.05) is 54.1 Å². The summed E-state index contributed by atoms with van der Waals surface area (Å²) in [6.07, 6.45) is -0.517. The molecule has 25 heavy (non-hydrogen) atoms. The molecule has 1 saturated heterocycles. The van der Waals surface area contributed by atoms with Gasteiger partial charge in [-0.05, 0) is 17.7 Å². The maximum absolute atomic E-state index is 10.2. The molecule has 0 spiro atoms. The van der Waals surface area contributed by atoms with Crippen molar-refractivity contribution in [3.63, 3.8) is 0 Å². The van der Waals surface area contributed by atoms with Crippen molar-refractivity contribution in [2.45, 2.75) is 12.6 Å². The Balaban J connectivity index is 1.37. The molecule has 3 rings (SSSR count). The minimum absolute atomic E-state index is 0.258. The average Bonchev–Trinajstić information content (AvgIpc) is 2.64. The van der Waals surface area contributed by atoms with Crippen molar-refractivity contribution in [2.75, 3.05) is 39.3 Å². The van der Waals surface area contributed by atoms with Crippen molar-refractivity contribution in [1.82, 2.24) is 9.80 Å². The Bertz CT molecular complexity index is 645. The number of rotatable bonds is 7. The molecule has 0 unspecified atom stereocenters. The fourth-order valence-corrected chi connectivity index (χ4v) is 3.26. The summed E-state index contributed by atoms with van der Waals surface area (Å²) in [5.74, 6) is 0.621. The van der Waals surface area contributed by atoms with E-state index in [0.29, 0.717) is 17.3 Å². The normalized spacial score (nSPS) is 17.4. The quantitative estimate of drug-likeness (QED) is 0.823. The van der Waals surface area contributed by atoms with Gasteiger partial charge in [-0.3, -0.25) is 9.80 Å². The molecule has 1 aliphatic rings. The Hall–Kier alpha value is -1.59. The van der Waals surface area contributed by atoms with E-state index >= 15 is 0 Å². The fourth-order valence-electron chi connectivity index (χ4n) is 3.07. The third kappa shape index (κ3) is 5.72. The fraction of sp³-hybridized carbons (Fsp3) is 0.400. The minimum atomic E-state index is -0.517. The van der Waals surface area contributed by atoms with Crippen LogP contribution in [0.15, 0.2) is 54.6 Å². The monoisotopic (exact) mass is 360 g/mol. The zero-order valence-electron chi connectivity index (χ0n) is 14.4. The van der Waals surface area contributed by atoms with Gasteiger partial charge >= 0.3 is 0 Å². The van der Waals surface area contributed by atoms with E-state index in [1.807, 2.05) is 24.3 Å². The molecule has 1 aliphatic heterocycles. The number of β-amino-alcohol motifs (C(OH)–C–C–N with tert-alkyl or cyclic N) is 1. The van der Waals surface area contributed by atoms with E-state index in [2.05, 4.69) is 34.1 Å². The molecule has 0 aromatic heterocycles. The van der Waals surface area contributed by atoms with Gasteiger partial charge in [0.1, 0.15) is 18.5 Å². The van der Waals surface area contributed by atoms with Crippen molar-refractivity contribution in [3.8, 4) is 5.75 Å². The van der Waals surface area contributed by atoms with E-state index in [0.717, 1.165) is 32.7 Å². The van der Waals surface area contributed by atoms with Crippen molar-refractivity contribution in [1.29, 1.82) is 0 Å². The van der Waals surface area contributed by atoms with Crippen molar-refractivity contribution in [2.24, 2.45) is 0 Å². The molecule has 0 saturated carbocycles. The van der Waals surface area contributed by atoms with Crippen LogP contribution in [0.2, 0.25) is 5.02 Å². The number of aliphatic hydroxyl groups is 1. The second kappa shape index (κ2) is 9.20. The topological polar surface area (TPSA) is 35.9 Å². The molecule has 5 heteroatoms. The lowest BCUT2D eigenvalue weighted by Crippen LogP contribution is -2.48. The summed E-state index contributed by atoms with van der Waals surface area (Å²) >= 11 is 6.06. The predicted octanol–water partition coefficient (Wildman–Crippen LogP) is 2.90. The number of benzene rings is 2. The first-order valence-corrected chi connectivity index (χ1v) is 9.12. The summed E-state index contributed by atoms with van der Waals surface area (Å²) in [5.41, 5.74) is 1.35. The Labute approximate surface area is 154 Å². The molecule has 1 heterocycles. The van der Waals surface area contributed by atoms with Crippen molar-refractivity contribution in [3.05, 3.63) is 65.2 Å². The number of para-hydroxylation sites is 1. The maximum Gasteiger partial charge on any atom is 0.138 e. The lowest BCUT2D eigenvalue weighted by Gasteiger charge is -2.35. The molecule has 2 aromatic rings. The Morgan fingerprint density at radius 2 is 1.56 bits per heavy atom. The molecule has 1 N–H and O–H groups in total. The van der Waals surface area contributed by atoms with Gasteiger partial charge in [-0.25, -0.2) is 0 Å². The van der Waals surface area contributed by atoms with Crippen LogP contribution in [0.1, 0.15) is 5.56 Å². The van der Waals surface area contributed by atoms with E-state index in [1.54, 1.807) is 6.07 Å². The van der Waals surface area contributed by atoms with Crippen molar-refractivity contribution < 1.29 is 9.84 Å². The number of halogens is 1. The molecule has 134 valence electrons. The molecule has 1 atom stereocenters. The third-order valence-electron chi connectivity index (χ3n) is 4.45. The molecule has 1 fully saturated rings. The van der Waals surface area contributed by atoms with Crippen LogP contribution in [0, 0.1) is 0 Å². The largest absolute Gasteiger partial charge is 0.489 e. The second-order valence-corrected chi connectivity index (χ2v) is 6.86. The third-order valence-corrected chi connectivity index (χ3v) is 4.76. The van der Waals surface area contributed by atoms with E-state index in [4.69, 9.17) is 16.3 Å². The highest BCUT2D eigenvalue weighted by atomic mass is 35.5. The lowest BCUT2D eigenvalue weighted by molar-refractivity contribution is 0.0446. The number of ether oxygens (including phenoxy) is 1. The van der Waals surface area contributed by atoms with Gasteiger partial charge in [-0.15, -0.1) is 0 Å². The van der Waals surface area contributed by atoms with E-state index in [1.165, 1.54) is 5.56 Å². The second-order valence-electron chi connectivity index (χ2n) is 6.46. The highest BCUT2D eigenvalue weighted by molar-refractivity contribution is 6.32. The number of piperazine rings is 1. The summed E-state index contributed by atoms with van der Waals surface area (Å²) < 4.78 is 5.62. The van der Waals surface area contributed by atoms with Gasteiger partial charge in [0.15, 0.2) is 0 Å². The zero-order valence-corrected chi connectivity index (χ0v) is 15.1. The molecule has 0 radical (unpaired) electrons. The van der Waals surface area contributed by atoms with E-state index < -0.39 is 6.10 Å². The minimum Gasteiger partial charge on any atom is -0.489 e. The molecular formula is C20H25ClN2O2. The van der Waals surface area contributed by atoms with Crippen LogP contribution in [-0.4, -0.2) is 60.3 Å². The molecular weight excluding hydrogens is 336 g/mol. The Morgan fingerprint density at radius 1 is 0.920 bits per heavy atom. The SMILES string of the molecule is O[C@H](COc1ccccc1Cl)CN1CCN(Cc2ccccc2)CC1. The van der Waals surface area contributed by atoms with Gasteiger partial charge < -0.3 is 9.84 Å². The van der Waals surface area contributed by atoms with Gasteiger partial charge in [0.2, 0.25) is 0 Å². The summed E-state index contributed by atoms with van der Waals surface area (Å²) in [6.45, 7) is 5.86. The highest BCUT2D eigenvalue weighted by Crippen LogP contribution is 2.23. The first-order chi connectivity index (χ1) is 12.2. The van der Waals surface area contributed by atoms with Gasteiger partial charge in [0, 0.05) is 39.3 Å². The van der Waals surface area contributed by atoms with Crippen LogP contribution < -0.4 is 4.74 Å². The van der Waals surface area contributed by atoms with Gasteiger partial charge in [0.25, 0.3) is 0 Å². The molecule has 2 aromatic carbocycles. The molecule has 0 aliphatic carbocycles. The van der Waals surface area contributed by atoms with E-state index in [9.17, 15) is 5.11 Å². The first-order valence-electron chi connectivity index (χ1n) is 8.75. The molecule has 4 nitrogen and oxygen atoms in total. The summed E-state index contributed by atoms with van der Waals surface area (Å²) in [5, 5.41) is 10.8. The van der Waals surface area contributed by atoms with Crippen LogP contribution in [0.25, 0.3) is 0 Å². The maximum atomic E-state index is 10.2. The Kier molecular flexibility index (Phi) is 6.70. The predicted molar refractivity (Wildman–Crippen MR) is 101 cm³/mol. The van der Waals surface area contributed by atoms with E-state index in [-0.39, 0.29) is 6.61 Å². The number of hydrogen-bond donors (Lipinski definition) is 1. The summed E-state index contributed by atoms with van der Waals surface area (Å²) in [7, 11) is 0. The standard InChI is InChI=1S/C20H25ClN2O2/c21-19-8-4-5-9-20(19)25-16-18(24)15-23-12-10-22(11-13-23)14-17-6-2-1-3-7-17/h1-9,18,24H,10-16H2/t18-/m0/s1. The van der Waals surface area contributed by atoms with Gasteiger partial charge in [0.05, 0.1) is 5.02 Å². The molecule has 0 amide bonds. The first kappa shape index (κ1) is 18.2. The number of hydrogen-bond acceptors (Lipinski definition) is 4. The lowest BCUT2D eigenvalue weighted by atomic mass is 10.2.